The summed E-state index contributed by atoms with van der Waals surface area (Å²) in [6.07, 6.45) is 0. The lowest BCUT2D eigenvalue weighted by molar-refractivity contribution is 0.454. The molecule has 0 fully saturated rings. The Morgan fingerprint density at radius 3 is 2.18 bits per heavy atom. The summed E-state index contributed by atoms with van der Waals surface area (Å²) in [5, 5.41) is 5.04. The van der Waals surface area contributed by atoms with Crippen LogP contribution in [0.25, 0.3) is 21.5 Å². The molecule has 5 aromatic carbocycles. The van der Waals surface area contributed by atoms with Gasteiger partial charge in [0, 0.05) is 17.0 Å². The van der Waals surface area contributed by atoms with Gasteiger partial charge in [-0.05, 0) is 39.2 Å². The van der Waals surface area contributed by atoms with Crippen molar-refractivity contribution in [1.82, 2.24) is 0 Å². The Kier molecular flexibility index (Phi) is 3.30. The highest BCUT2D eigenvalue weighted by Crippen LogP contribution is 2.50. The summed E-state index contributed by atoms with van der Waals surface area (Å²) in [6.45, 7) is 0. The highest BCUT2D eigenvalue weighted by molar-refractivity contribution is 5.91. The number of rotatable bonds is 1. The molecule has 1 atom stereocenters. The number of para-hydroxylation sites is 1. The molecular weight excluding hydrogens is 340 g/mol. The summed E-state index contributed by atoms with van der Waals surface area (Å²) < 4.78 is 6.32. The van der Waals surface area contributed by atoms with Crippen molar-refractivity contribution in [2.45, 2.75) is 5.92 Å². The minimum absolute atomic E-state index is 0.149. The molecule has 1 unspecified atom stereocenters. The molecule has 0 saturated heterocycles. The maximum Gasteiger partial charge on any atom is 0.132 e. The first-order valence-electron chi connectivity index (χ1n) is 9.66. The molecule has 0 radical (unpaired) electrons. The predicted octanol–water partition coefficient (Wildman–Crippen LogP) is 7.28. The Balaban J connectivity index is 1.69. The summed E-state index contributed by atoms with van der Waals surface area (Å²) in [5.41, 5.74) is 3.78. The van der Waals surface area contributed by atoms with Crippen LogP contribution in [0.2, 0.25) is 0 Å². The lowest BCUT2D eigenvalue weighted by Gasteiger charge is -2.30. The van der Waals surface area contributed by atoms with E-state index in [0.717, 1.165) is 11.5 Å². The molecule has 0 amide bonds. The van der Waals surface area contributed by atoms with Crippen molar-refractivity contribution in [2.24, 2.45) is 0 Å². The van der Waals surface area contributed by atoms with Gasteiger partial charge in [-0.25, -0.2) is 0 Å². The lowest BCUT2D eigenvalue weighted by Crippen LogP contribution is -2.12. The van der Waals surface area contributed by atoms with Gasteiger partial charge in [0.1, 0.15) is 11.5 Å². The van der Waals surface area contributed by atoms with E-state index < -0.39 is 0 Å². The molecule has 1 heteroatoms. The Morgan fingerprint density at radius 2 is 1.25 bits per heavy atom. The highest BCUT2D eigenvalue weighted by atomic mass is 16.5. The van der Waals surface area contributed by atoms with E-state index >= 15 is 0 Å². The van der Waals surface area contributed by atoms with Crippen molar-refractivity contribution < 1.29 is 4.74 Å². The second kappa shape index (κ2) is 5.97. The van der Waals surface area contributed by atoms with Gasteiger partial charge in [0.25, 0.3) is 0 Å². The standard InChI is InChI=1S/C27H18O/c1-2-9-20-17-21(14-13-18(20)7-1)26-23-11-5-6-12-24(23)28-25-16-15-19-8-3-4-10-22(19)27(25)26/h1-17,26H. The molecule has 6 rings (SSSR count). The molecule has 0 N–H and O–H groups in total. The third-order valence-corrected chi connectivity index (χ3v) is 5.78. The summed E-state index contributed by atoms with van der Waals surface area (Å²) >= 11 is 0. The van der Waals surface area contributed by atoms with E-state index in [9.17, 15) is 0 Å². The predicted molar refractivity (Wildman–Crippen MR) is 115 cm³/mol. The molecule has 1 aliphatic heterocycles. The van der Waals surface area contributed by atoms with Gasteiger partial charge >= 0.3 is 0 Å². The van der Waals surface area contributed by atoms with Crippen molar-refractivity contribution in [3.05, 3.63) is 120 Å². The summed E-state index contributed by atoms with van der Waals surface area (Å²) in [6, 6.07) is 36.6. The van der Waals surface area contributed by atoms with Crippen LogP contribution >= 0.6 is 0 Å². The molecule has 28 heavy (non-hydrogen) atoms. The maximum atomic E-state index is 6.32. The maximum absolute atomic E-state index is 6.32. The fourth-order valence-electron chi connectivity index (χ4n) is 4.48. The van der Waals surface area contributed by atoms with E-state index in [2.05, 4.69) is 97.1 Å². The quantitative estimate of drug-likeness (QED) is 0.300. The average molecular weight is 358 g/mol. The van der Waals surface area contributed by atoms with E-state index in [1.54, 1.807) is 0 Å². The fraction of sp³-hybridized carbons (Fsp3) is 0.0370. The van der Waals surface area contributed by atoms with E-state index in [0.29, 0.717) is 0 Å². The van der Waals surface area contributed by atoms with Crippen molar-refractivity contribution >= 4 is 21.5 Å². The van der Waals surface area contributed by atoms with Crippen molar-refractivity contribution in [2.75, 3.05) is 0 Å². The van der Waals surface area contributed by atoms with Gasteiger partial charge in [-0.2, -0.15) is 0 Å². The molecule has 0 saturated carbocycles. The third-order valence-electron chi connectivity index (χ3n) is 5.78. The number of ether oxygens (including phenoxy) is 1. The first kappa shape index (κ1) is 15.5. The fourth-order valence-corrected chi connectivity index (χ4v) is 4.48. The topological polar surface area (TPSA) is 9.23 Å². The minimum Gasteiger partial charge on any atom is -0.457 e. The zero-order chi connectivity index (χ0) is 18.5. The van der Waals surface area contributed by atoms with Crippen LogP contribution in [0.15, 0.2) is 103 Å². The molecule has 1 aliphatic rings. The lowest BCUT2D eigenvalue weighted by atomic mass is 9.80. The Labute approximate surface area is 163 Å². The van der Waals surface area contributed by atoms with Crippen LogP contribution in [-0.4, -0.2) is 0 Å². The summed E-state index contributed by atoms with van der Waals surface area (Å²) in [4.78, 5) is 0. The molecule has 5 aromatic rings. The molecule has 0 bridgehead atoms. The zero-order valence-corrected chi connectivity index (χ0v) is 15.3. The van der Waals surface area contributed by atoms with Crippen molar-refractivity contribution in [3.8, 4) is 11.5 Å². The van der Waals surface area contributed by atoms with E-state index in [-0.39, 0.29) is 5.92 Å². The second-order valence-electron chi connectivity index (χ2n) is 7.38. The molecule has 1 nitrogen and oxygen atoms in total. The Morgan fingerprint density at radius 1 is 0.536 bits per heavy atom. The van der Waals surface area contributed by atoms with Gasteiger partial charge in [0.2, 0.25) is 0 Å². The molecule has 132 valence electrons. The van der Waals surface area contributed by atoms with Crippen LogP contribution in [0, 0.1) is 0 Å². The Bertz CT molecular complexity index is 1350. The number of benzene rings is 5. The first-order valence-corrected chi connectivity index (χ1v) is 9.66. The number of hydrogen-bond acceptors (Lipinski definition) is 1. The van der Waals surface area contributed by atoms with E-state index in [4.69, 9.17) is 4.74 Å². The SMILES string of the molecule is c1ccc2c(c1)Oc1ccc3ccccc3c1C2c1ccc2ccccc2c1. The van der Waals surface area contributed by atoms with E-state index in [1.807, 2.05) is 6.07 Å². The molecule has 0 aromatic heterocycles. The molecular formula is C27H18O. The van der Waals surface area contributed by atoms with Crippen LogP contribution in [0.4, 0.5) is 0 Å². The van der Waals surface area contributed by atoms with Gasteiger partial charge < -0.3 is 4.74 Å². The largest absolute Gasteiger partial charge is 0.457 e. The third kappa shape index (κ3) is 2.26. The van der Waals surface area contributed by atoms with Crippen LogP contribution in [0.5, 0.6) is 11.5 Å². The molecule has 0 aliphatic carbocycles. The van der Waals surface area contributed by atoms with Crippen molar-refractivity contribution in [1.29, 1.82) is 0 Å². The second-order valence-corrected chi connectivity index (χ2v) is 7.38. The van der Waals surface area contributed by atoms with Crippen molar-refractivity contribution in [3.63, 3.8) is 0 Å². The zero-order valence-electron chi connectivity index (χ0n) is 15.3. The number of hydrogen-bond donors (Lipinski definition) is 0. The average Bonchev–Trinajstić information content (AvgIpc) is 2.77. The van der Waals surface area contributed by atoms with Gasteiger partial charge in [0.05, 0.1) is 0 Å². The highest BCUT2D eigenvalue weighted by Gasteiger charge is 2.30. The van der Waals surface area contributed by atoms with Crippen LogP contribution in [0.3, 0.4) is 0 Å². The smallest absolute Gasteiger partial charge is 0.132 e. The molecule has 0 spiro atoms. The first-order chi connectivity index (χ1) is 13.9. The van der Waals surface area contributed by atoms with Crippen LogP contribution < -0.4 is 4.74 Å². The number of fused-ring (bicyclic) bond motifs is 5. The summed E-state index contributed by atoms with van der Waals surface area (Å²) in [5.74, 6) is 2.05. The van der Waals surface area contributed by atoms with Gasteiger partial charge in [0.15, 0.2) is 0 Å². The van der Waals surface area contributed by atoms with Gasteiger partial charge in [-0.1, -0.05) is 91.0 Å². The normalized spacial score (nSPS) is 15.1. The van der Waals surface area contributed by atoms with Crippen LogP contribution in [0.1, 0.15) is 22.6 Å². The van der Waals surface area contributed by atoms with Gasteiger partial charge in [-0.3, -0.25) is 0 Å². The van der Waals surface area contributed by atoms with Gasteiger partial charge in [-0.15, -0.1) is 0 Å². The monoisotopic (exact) mass is 358 g/mol. The Hall–Kier alpha value is -3.58. The minimum atomic E-state index is 0.149. The summed E-state index contributed by atoms with van der Waals surface area (Å²) in [7, 11) is 0. The van der Waals surface area contributed by atoms with E-state index in [1.165, 1.54) is 38.2 Å². The van der Waals surface area contributed by atoms with Crippen LogP contribution in [-0.2, 0) is 0 Å². The molecule has 1 heterocycles.